The van der Waals surface area contributed by atoms with Gasteiger partial charge in [0.25, 0.3) is 0 Å². The van der Waals surface area contributed by atoms with E-state index in [1.54, 1.807) is 24.3 Å². The molecule has 1 aromatic heterocycles. The molecule has 0 bridgehead atoms. The monoisotopic (exact) mass is 738 g/mol. The molecule has 53 heavy (non-hydrogen) atoms. The van der Waals surface area contributed by atoms with Crippen molar-refractivity contribution in [3.05, 3.63) is 99.8 Å². The van der Waals surface area contributed by atoms with Crippen LogP contribution < -0.4 is 29.6 Å². The third kappa shape index (κ3) is 10.8. The Kier molecular flexibility index (Phi) is 13.8. The predicted molar refractivity (Wildman–Crippen MR) is 197 cm³/mol. The molecule has 13 heteroatoms. The number of fused-ring (bicyclic) bond motifs is 1. The molecule has 1 aliphatic rings. The molecular formula is C40H39ClN4O8. The van der Waals surface area contributed by atoms with E-state index in [0.29, 0.717) is 66.9 Å². The summed E-state index contributed by atoms with van der Waals surface area (Å²) in [5.41, 5.74) is 5.59. The van der Waals surface area contributed by atoms with E-state index in [1.165, 1.54) is 6.20 Å². The number of terminal acetylenes is 1. The normalized spacial score (nSPS) is 12.2. The zero-order valence-electron chi connectivity index (χ0n) is 29.2. The third-order valence-electron chi connectivity index (χ3n) is 8.44. The van der Waals surface area contributed by atoms with Crippen LogP contribution in [-0.4, -0.2) is 54.6 Å². The van der Waals surface area contributed by atoms with Crippen molar-refractivity contribution >= 4 is 23.7 Å². The largest absolute Gasteiger partial charge is 0.488 e. The summed E-state index contributed by atoms with van der Waals surface area (Å²) in [7, 11) is 0. The van der Waals surface area contributed by atoms with Crippen molar-refractivity contribution in [2.45, 2.75) is 52.0 Å². The second-order valence-corrected chi connectivity index (χ2v) is 12.5. The fourth-order valence-corrected chi connectivity index (χ4v) is 5.87. The Morgan fingerprint density at radius 2 is 1.83 bits per heavy atom. The zero-order valence-corrected chi connectivity index (χ0v) is 29.9. The van der Waals surface area contributed by atoms with Gasteiger partial charge in [0.2, 0.25) is 0 Å². The molecule has 274 valence electrons. The first kappa shape index (κ1) is 38.3. The van der Waals surface area contributed by atoms with E-state index in [1.807, 2.05) is 49.4 Å². The van der Waals surface area contributed by atoms with Crippen molar-refractivity contribution in [2.24, 2.45) is 0 Å². The molecule has 3 N–H and O–H groups in total. The van der Waals surface area contributed by atoms with Crippen LogP contribution in [0.5, 0.6) is 23.0 Å². The molecule has 0 unspecified atom stereocenters. The van der Waals surface area contributed by atoms with Crippen molar-refractivity contribution in [2.75, 3.05) is 26.4 Å². The Morgan fingerprint density at radius 3 is 2.62 bits per heavy atom. The molecule has 12 nitrogen and oxygen atoms in total. The average molecular weight is 739 g/mol. The van der Waals surface area contributed by atoms with Crippen LogP contribution in [0.25, 0.3) is 11.1 Å². The van der Waals surface area contributed by atoms with E-state index in [4.69, 9.17) is 41.7 Å². The van der Waals surface area contributed by atoms with Crippen LogP contribution in [-0.2, 0) is 29.3 Å². The molecule has 1 atom stereocenters. The van der Waals surface area contributed by atoms with E-state index < -0.39 is 18.1 Å². The van der Waals surface area contributed by atoms with E-state index >= 15 is 0 Å². The topological polar surface area (TPSA) is 161 Å². The van der Waals surface area contributed by atoms with E-state index in [0.717, 1.165) is 33.6 Å². The van der Waals surface area contributed by atoms with Gasteiger partial charge in [-0.2, -0.15) is 5.26 Å². The molecule has 1 aliphatic heterocycles. The van der Waals surface area contributed by atoms with Crippen LogP contribution in [0.2, 0.25) is 5.02 Å². The number of aromatic nitrogens is 1. The Balaban J connectivity index is 1.29. The van der Waals surface area contributed by atoms with Crippen molar-refractivity contribution < 1.29 is 38.4 Å². The summed E-state index contributed by atoms with van der Waals surface area (Å²) in [6.07, 6.45) is 7.36. The highest BCUT2D eigenvalue weighted by Gasteiger charge is 2.20. The maximum Gasteiger partial charge on any atom is 0.408 e. The van der Waals surface area contributed by atoms with Gasteiger partial charge in [0.15, 0.2) is 18.1 Å². The summed E-state index contributed by atoms with van der Waals surface area (Å²) < 4.78 is 28.7. The maximum atomic E-state index is 12.1. The van der Waals surface area contributed by atoms with Crippen LogP contribution in [0.1, 0.15) is 47.2 Å². The Bertz CT molecular complexity index is 2010. The number of pyridine rings is 1. The number of hydrogen-bond donors (Lipinski definition) is 3. The number of halogens is 1. The molecule has 2 heterocycles. The summed E-state index contributed by atoms with van der Waals surface area (Å²) in [4.78, 5) is 27.7. The maximum absolute atomic E-state index is 12.1. The predicted octanol–water partition coefficient (Wildman–Crippen LogP) is 6.58. The lowest BCUT2D eigenvalue weighted by atomic mass is 9.96. The Morgan fingerprint density at radius 1 is 1.02 bits per heavy atom. The number of carbonyl (C=O) groups excluding carboxylic acids is 1. The molecule has 0 saturated carbocycles. The van der Waals surface area contributed by atoms with Crippen molar-refractivity contribution in [1.29, 1.82) is 5.26 Å². The lowest BCUT2D eigenvalue weighted by Crippen LogP contribution is -2.36. The van der Waals surface area contributed by atoms with E-state index in [9.17, 15) is 20.0 Å². The molecule has 5 rings (SSSR count). The average Bonchev–Trinajstić information content (AvgIpc) is 3.17. The van der Waals surface area contributed by atoms with Crippen molar-refractivity contribution in [3.63, 3.8) is 0 Å². The van der Waals surface area contributed by atoms with Crippen LogP contribution in [0.4, 0.5) is 4.79 Å². The second kappa shape index (κ2) is 19.0. The minimum absolute atomic E-state index is 0.112. The number of nitrogens with one attached hydrogen (secondary N) is 2. The number of rotatable bonds is 17. The number of hydrogen-bond acceptors (Lipinski definition) is 10. The Labute approximate surface area is 313 Å². The highest BCUT2D eigenvalue weighted by Crippen LogP contribution is 2.37. The van der Waals surface area contributed by atoms with E-state index in [2.05, 4.69) is 21.5 Å². The first-order valence-electron chi connectivity index (χ1n) is 17.0. The minimum Gasteiger partial charge on any atom is -0.488 e. The number of carbonyl (C=O) groups is 2. The van der Waals surface area contributed by atoms with Crippen LogP contribution >= 0.6 is 11.6 Å². The molecule has 0 spiro atoms. The standard InChI is InChI=1S/C40H39ClN4O8/c1-3-15-51-40(48)44-13-5-4-9-34(39(46)47)45-23-30-19-33(41)37(21-36(30)52-24-27-12-14-43-31(18-27)22-42)53-25-29-7-6-8-32(26(29)2)28-10-11-35-38(20-28)50-17-16-49-35/h1,6-8,10-12,14,18-21,34,45H,4-5,9,13,15-17,23-25H2,2H3,(H,44,48)(H,46,47)/t34-/m0/s1. The van der Waals surface area contributed by atoms with Crippen LogP contribution in [0, 0.1) is 30.6 Å². The van der Waals surface area contributed by atoms with Crippen LogP contribution in [0.15, 0.2) is 66.9 Å². The second-order valence-electron chi connectivity index (χ2n) is 12.1. The number of alkyl carbamates (subject to hydrolysis) is 1. The third-order valence-corrected chi connectivity index (χ3v) is 8.74. The van der Waals surface area contributed by atoms with Gasteiger partial charge in [-0.15, -0.1) is 6.42 Å². The number of nitrogens with zero attached hydrogens (tertiary/aromatic N) is 2. The molecule has 0 aliphatic carbocycles. The molecule has 0 radical (unpaired) electrons. The molecule has 0 saturated heterocycles. The number of nitriles is 1. The quantitative estimate of drug-likeness (QED) is 0.0793. The summed E-state index contributed by atoms with van der Waals surface area (Å²) >= 11 is 6.76. The van der Waals surface area contributed by atoms with Crippen LogP contribution in [0.3, 0.4) is 0 Å². The molecule has 1 amide bonds. The lowest BCUT2D eigenvalue weighted by Gasteiger charge is -2.20. The summed E-state index contributed by atoms with van der Waals surface area (Å²) in [5.74, 6) is 3.43. The molecule has 0 fully saturated rings. The van der Waals surface area contributed by atoms with Gasteiger partial charge in [-0.25, -0.2) is 9.78 Å². The number of aliphatic carboxylic acids is 1. The van der Waals surface area contributed by atoms with Gasteiger partial charge >= 0.3 is 12.1 Å². The highest BCUT2D eigenvalue weighted by atomic mass is 35.5. The number of benzene rings is 3. The van der Waals surface area contributed by atoms with Gasteiger partial charge in [-0.05, 0) is 84.3 Å². The van der Waals surface area contributed by atoms with Crippen molar-refractivity contribution in [3.8, 4) is 52.5 Å². The molecule has 3 aromatic carbocycles. The summed E-state index contributed by atoms with van der Waals surface area (Å²) in [5, 5.41) is 25.2. The lowest BCUT2D eigenvalue weighted by molar-refractivity contribution is -0.139. The van der Waals surface area contributed by atoms with E-state index in [-0.39, 0.29) is 32.1 Å². The van der Waals surface area contributed by atoms with Gasteiger partial charge < -0.3 is 39.4 Å². The smallest absolute Gasteiger partial charge is 0.408 e. The van der Waals surface area contributed by atoms with Gasteiger partial charge in [0, 0.05) is 30.9 Å². The molecular weight excluding hydrogens is 700 g/mol. The summed E-state index contributed by atoms with van der Waals surface area (Å²) in [6.45, 7) is 3.70. The Hall–Kier alpha value is -5.95. The van der Waals surface area contributed by atoms with Gasteiger partial charge in [0.1, 0.15) is 55.7 Å². The van der Waals surface area contributed by atoms with Crippen molar-refractivity contribution in [1.82, 2.24) is 15.6 Å². The zero-order chi connectivity index (χ0) is 37.6. The first-order chi connectivity index (χ1) is 25.7. The number of ether oxygens (including phenoxy) is 5. The minimum atomic E-state index is -1.02. The highest BCUT2D eigenvalue weighted by molar-refractivity contribution is 6.32. The van der Waals surface area contributed by atoms with Gasteiger partial charge in [0.05, 0.1) is 5.02 Å². The number of carboxylic acid groups (broad SMARTS) is 1. The number of amides is 1. The fraction of sp³-hybridized carbons (Fsp3) is 0.300. The molecule has 4 aromatic rings. The fourth-order valence-electron chi connectivity index (χ4n) is 5.63. The number of carboxylic acids is 1. The number of unbranched alkanes of at least 4 members (excludes halogenated alkanes) is 1. The first-order valence-corrected chi connectivity index (χ1v) is 17.3. The SMILES string of the molecule is C#CCOC(=O)NCCCC[C@H](NCc1cc(Cl)c(OCc2cccc(-c3ccc4c(c3)OCCO4)c2C)cc1OCc1ccnc(C#N)c1)C(=O)O. The van der Waals surface area contributed by atoms with Gasteiger partial charge in [-0.1, -0.05) is 41.8 Å². The van der Waals surface area contributed by atoms with Gasteiger partial charge in [-0.3, -0.25) is 4.79 Å². The summed E-state index contributed by atoms with van der Waals surface area (Å²) in [6, 6.07) is 19.8.